The highest BCUT2D eigenvalue weighted by molar-refractivity contribution is 7.90. The van der Waals surface area contributed by atoms with Gasteiger partial charge in [0.1, 0.15) is 0 Å². The molecule has 0 aliphatic carbocycles. The highest BCUT2D eigenvalue weighted by Crippen LogP contribution is 2.22. The quantitative estimate of drug-likeness (QED) is 0.862. The van der Waals surface area contributed by atoms with Crippen LogP contribution in [0.5, 0.6) is 0 Å². The summed E-state index contributed by atoms with van der Waals surface area (Å²) in [7, 11) is -3.35. The third-order valence-electron chi connectivity index (χ3n) is 2.52. The molecule has 0 N–H and O–H groups in total. The van der Waals surface area contributed by atoms with Gasteiger partial charge in [0.2, 0.25) is 11.7 Å². The maximum Gasteiger partial charge on any atom is 0.227 e. The van der Waals surface area contributed by atoms with Crippen LogP contribution in [0.2, 0.25) is 0 Å². The van der Waals surface area contributed by atoms with E-state index in [1.165, 1.54) is 12.3 Å². The molecule has 20 heavy (non-hydrogen) atoms. The number of rotatable bonds is 3. The van der Waals surface area contributed by atoms with E-state index in [0.29, 0.717) is 23.7 Å². The molecule has 0 fully saturated rings. The lowest BCUT2D eigenvalue weighted by molar-refractivity contribution is 0.314. The molecule has 108 valence electrons. The van der Waals surface area contributed by atoms with Crippen LogP contribution in [0.4, 0.5) is 0 Å². The van der Waals surface area contributed by atoms with Crippen molar-refractivity contribution in [3.8, 4) is 11.4 Å². The van der Waals surface area contributed by atoms with Crippen molar-refractivity contribution in [1.29, 1.82) is 0 Å². The van der Waals surface area contributed by atoms with E-state index >= 15 is 0 Å². The Morgan fingerprint density at radius 3 is 2.60 bits per heavy atom. The predicted octanol–water partition coefficient (Wildman–Crippen LogP) is 2.12. The first-order chi connectivity index (χ1) is 9.15. The number of hydrogen-bond acceptors (Lipinski definition) is 6. The standard InChI is InChI=1S/C13H17N3O3S/c1-13(2,3)8-10-15-12(16-19-10)9-5-6-14-11(7-9)20(4,17)18/h5-7H,8H2,1-4H3. The number of sulfone groups is 1. The van der Waals surface area contributed by atoms with Gasteiger partial charge >= 0.3 is 0 Å². The van der Waals surface area contributed by atoms with Crippen molar-refractivity contribution >= 4 is 9.84 Å². The summed E-state index contributed by atoms with van der Waals surface area (Å²) in [4.78, 5) is 8.12. The van der Waals surface area contributed by atoms with Crippen molar-refractivity contribution in [2.45, 2.75) is 32.2 Å². The van der Waals surface area contributed by atoms with Gasteiger partial charge in [0, 0.05) is 24.4 Å². The lowest BCUT2D eigenvalue weighted by Crippen LogP contribution is -2.09. The van der Waals surface area contributed by atoms with Crippen LogP contribution in [-0.2, 0) is 16.3 Å². The second-order valence-electron chi connectivity index (χ2n) is 5.90. The lowest BCUT2D eigenvalue weighted by atomic mass is 9.92. The topological polar surface area (TPSA) is 86.0 Å². The highest BCUT2D eigenvalue weighted by Gasteiger charge is 2.18. The molecule has 0 aliphatic rings. The first kappa shape index (κ1) is 14.6. The molecule has 2 heterocycles. The van der Waals surface area contributed by atoms with E-state index in [1.54, 1.807) is 6.07 Å². The van der Waals surface area contributed by atoms with Gasteiger partial charge in [-0.2, -0.15) is 4.98 Å². The van der Waals surface area contributed by atoms with Crippen LogP contribution in [0.15, 0.2) is 27.9 Å². The zero-order chi connectivity index (χ0) is 15.0. The first-order valence-corrected chi connectivity index (χ1v) is 8.03. The van der Waals surface area contributed by atoms with E-state index in [1.807, 2.05) is 0 Å². The Morgan fingerprint density at radius 2 is 2.00 bits per heavy atom. The molecule has 0 radical (unpaired) electrons. The summed E-state index contributed by atoms with van der Waals surface area (Å²) >= 11 is 0. The van der Waals surface area contributed by atoms with E-state index in [-0.39, 0.29) is 10.4 Å². The van der Waals surface area contributed by atoms with Crippen LogP contribution < -0.4 is 0 Å². The van der Waals surface area contributed by atoms with Gasteiger partial charge in [0.25, 0.3) is 0 Å². The highest BCUT2D eigenvalue weighted by atomic mass is 32.2. The van der Waals surface area contributed by atoms with Crippen LogP contribution in [0.3, 0.4) is 0 Å². The summed E-state index contributed by atoms with van der Waals surface area (Å²) < 4.78 is 28.2. The SMILES string of the molecule is CC(C)(C)Cc1nc(-c2ccnc(S(C)(=O)=O)c2)no1. The molecule has 6 nitrogen and oxygen atoms in total. The Kier molecular flexibility index (Phi) is 3.64. The van der Waals surface area contributed by atoms with E-state index in [9.17, 15) is 8.42 Å². The van der Waals surface area contributed by atoms with E-state index < -0.39 is 9.84 Å². The summed E-state index contributed by atoms with van der Waals surface area (Å²) in [5.41, 5.74) is 0.615. The van der Waals surface area contributed by atoms with Gasteiger partial charge in [0.05, 0.1) is 0 Å². The maximum atomic E-state index is 11.5. The summed E-state index contributed by atoms with van der Waals surface area (Å²) in [6.07, 6.45) is 3.19. The van der Waals surface area contributed by atoms with Gasteiger partial charge in [0.15, 0.2) is 14.9 Å². The fourth-order valence-electron chi connectivity index (χ4n) is 1.65. The largest absolute Gasteiger partial charge is 0.339 e. The Morgan fingerprint density at radius 1 is 1.30 bits per heavy atom. The fraction of sp³-hybridized carbons (Fsp3) is 0.462. The van der Waals surface area contributed by atoms with Gasteiger partial charge in [-0.25, -0.2) is 13.4 Å². The van der Waals surface area contributed by atoms with Crippen LogP contribution in [0.25, 0.3) is 11.4 Å². The molecule has 0 saturated carbocycles. The minimum Gasteiger partial charge on any atom is -0.339 e. The molecule has 0 saturated heterocycles. The zero-order valence-corrected chi connectivity index (χ0v) is 12.7. The minimum atomic E-state index is -3.35. The third-order valence-corrected chi connectivity index (χ3v) is 3.51. The second-order valence-corrected chi connectivity index (χ2v) is 7.87. The molecule has 0 aliphatic heterocycles. The van der Waals surface area contributed by atoms with Crippen molar-refractivity contribution in [2.24, 2.45) is 5.41 Å². The molecule has 0 bridgehead atoms. The third kappa shape index (κ3) is 3.63. The Hall–Kier alpha value is -1.76. The zero-order valence-electron chi connectivity index (χ0n) is 11.9. The van der Waals surface area contributed by atoms with Crippen molar-refractivity contribution < 1.29 is 12.9 Å². The molecule has 2 aromatic rings. The molecule has 7 heteroatoms. The average molecular weight is 295 g/mol. The van der Waals surface area contributed by atoms with Gasteiger partial charge < -0.3 is 4.52 Å². The summed E-state index contributed by atoms with van der Waals surface area (Å²) in [6.45, 7) is 6.22. The molecule has 2 rings (SSSR count). The number of hydrogen-bond donors (Lipinski definition) is 0. The Bertz CT molecular complexity index is 714. The molecule has 0 unspecified atom stereocenters. The normalized spacial score (nSPS) is 12.6. The predicted molar refractivity (Wildman–Crippen MR) is 73.8 cm³/mol. The van der Waals surface area contributed by atoms with Gasteiger partial charge in [-0.3, -0.25) is 0 Å². The molecule has 0 amide bonds. The number of nitrogens with zero attached hydrogens (tertiary/aromatic N) is 3. The van der Waals surface area contributed by atoms with Crippen LogP contribution >= 0.6 is 0 Å². The molecular weight excluding hydrogens is 278 g/mol. The lowest BCUT2D eigenvalue weighted by Gasteiger charge is -2.13. The number of aromatic nitrogens is 3. The number of pyridine rings is 1. The molecule has 0 spiro atoms. The van der Waals surface area contributed by atoms with Crippen LogP contribution in [-0.4, -0.2) is 29.8 Å². The van der Waals surface area contributed by atoms with E-state index in [4.69, 9.17) is 4.52 Å². The van der Waals surface area contributed by atoms with E-state index in [0.717, 1.165) is 6.26 Å². The smallest absolute Gasteiger partial charge is 0.227 e. The monoisotopic (exact) mass is 295 g/mol. The van der Waals surface area contributed by atoms with Crippen molar-refractivity contribution in [3.05, 3.63) is 24.2 Å². The summed E-state index contributed by atoms with van der Waals surface area (Å²) in [5, 5.41) is 3.88. The molecule has 0 atom stereocenters. The summed E-state index contributed by atoms with van der Waals surface area (Å²) in [5.74, 6) is 0.904. The van der Waals surface area contributed by atoms with Gasteiger partial charge in [-0.05, 0) is 17.5 Å². The Labute approximate surface area is 118 Å². The maximum absolute atomic E-state index is 11.5. The molecule has 2 aromatic heterocycles. The van der Waals surface area contributed by atoms with Gasteiger partial charge in [-0.1, -0.05) is 25.9 Å². The second kappa shape index (κ2) is 4.97. The van der Waals surface area contributed by atoms with Crippen molar-refractivity contribution in [1.82, 2.24) is 15.1 Å². The van der Waals surface area contributed by atoms with Crippen LogP contribution in [0.1, 0.15) is 26.7 Å². The fourth-order valence-corrected chi connectivity index (χ4v) is 2.24. The minimum absolute atomic E-state index is 0.00262. The van der Waals surface area contributed by atoms with E-state index in [2.05, 4.69) is 35.9 Å². The van der Waals surface area contributed by atoms with Crippen molar-refractivity contribution in [3.63, 3.8) is 0 Å². The first-order valence-electron chi connectivity index (χ1n) is 6.14. The Balaban J connectivity index is 2.33. The molecular formula is C13H17N3O3S. The summed E-state index contributed by atoms with van der Waals surface area (Å²) in [6, 6.07) is 3.10. The van der Waals surface area contributed by atoms with Crippen molar-refractivity contribution in [2.75, 3.05) is 6.26 Å². The van der Waals surface area contributed by atoms with Crippen LogP contribution in [0, 0.1) is 5.41 Å². The van der Waals surface area contributed by atoms with Gasteiger partial charge in [-0.15, -0.1) is 0 Å². The molecule has 0 aromatic carbocycles. The average Bonchev–Trinajstić information content (AvgIpc) is 2.74.